The van der Waals surface area contributed by atoms with Gasteiger partial charge in [0.2, 0.25) is 5.91 Å². The van der Waals surface area contributed by atoms with Crippen LogP contribution in [0.2, 0.25) is 0 Å². The van der Waals surface area contributed by atoms with Gasteiger partial charge in [-0.15, -0.1) is 0 Å². The van der Waals surface area contributed by atoms with Crippen LogP contribution in [0.1, 0.15) is 24.5 Å². The van der Waals surface area contributed by atoms with Gasteiger partial charge in [0.25, 0.3) is 5.91 Å². The molecule has 3 amide bonds. The number of hydrogen-bond acceptors (Lipinski definition) is 6. The van der Waals surface area contributed by atoms with Gasteiger partial charge in [-0.3, -0.25) is 9.59 Å². The lowest BCUT2D eigenvalue weighted by Gasteiger charge is -2.20. The Morgan fingerprint density at radius 1 is 1.09 bits per heavy atom. The van der Waals surface area contributed by atoms with E-state index in [-0.39, 0.29) is 18.9 Å². The molecule has 2 atom stereocenters. The van der Waals surface area contributed by atoms with Gasteiger partial charge in [0.05, 0.1) is 11.0 Å². The largest absolute Gasteiger partial charge is 0.436 e. The number of rotatable bonds is 9. The molecule has 1 heterocycles. The SMILES string of the molecule is C[C@H](NC(=O)[C@@H](CCc1ccccc1)OC(N)=O)C(=O)NCc1ccc2nc(N)[nH]c2c1. The van der Waals surface area contributed by atoms with E-state index >= 15 is 0 Å². The lowest BCUT2D eigenvalue weighted by atomic mass is 10.1. The van der Waals surface area contributed by atoms with Crippen molar-refractivity contribution in [3.63, 3.8) is 0 Å². The lowest BCUT2D eigenvalue weighted by Crippen LogP contribution is -2.49. The molecule has 0 aliphatic carbocycles. The van der Waals surface area contributed by atoms with Crippen LogP contribution in [-0.4, -0.2) is 40.0 Å². The van der Waals surface area contributed by atoms with Gasteiger partial charge in [-0.05, 0) is 43.0 Å². The van der Waals surface area contributed by atoms with Gasteiger partial charge in [0.15, 0.2) is 12.1 Å². The molecule has 1 aromatic heterocycles. The number of fused-ring (bicyclic) bond motifs is 1. The molecule has 0 saturated carbocycles. The van der Waals surface area contributed by atoms with Crippen molar-refractivity contribution < 1.29 is 19.1 Å². The van der Waals surface area contributed by atoms with E-state index in [1.54, 1.807) is 13.0 Å². The van der Waals surface area contributed by atoms with Crippen LogP contribution in [0.4, 0.5) is 10.7 Å². The van der Waals surface area contributed by atoms with Gasteiger partial charge >= 0.3 is 6.09 Å². The van der Waals surface area contributed by atoms with Crippen molar-refractivity contribution in [2.45, 2.75) is 38.5 Å². The molecular weight excluding hydrogens is 412 g/mol. The van der Waals surface area contributed by atoms with E-state index in [2.05, 4.69) is 20.6 Å². The highest BCUT2D eigenvalue weighted by Crippen LogP contribution is 2.14. The van der Waals surface area contributed by atoms with Gasteiger partial charge < -0.3 is 31.8 Å². The van der Waals surface area contributed by atoms with Crippen molar-refractivity contribution >= 4 is 34.9 Å². The van der Waals surface area contributed by atoms with Crippen LogP contribution in [0, 0.1) is 0 Å². The first-order chi connectivity index (χ1) is 15.3. The molecule has 2 aromatic carbocycles. The maximum atomic E-state index is 12.6. The first-order valence-electron chi connectivity index (χ1n) is 10.1. The number of aromatic amines is 1. The van der Waals surface area contributed by atoms with E-state index in [0.717, 1.165) is 22.2 Å². The van der Waals surface area contributed by atoms with Gasteiger partial charge in [-0.2, -0.15) is 0 Å². The lowest BCUT2D eigenvalue weighted by molar-refractivity contribution is -0.134. The van der Waals surface area contributed by atoms with E-state index < -0.39 is 24.1 Å². The Hall–Kier alpha value is -4.08. The summed E-state index contributed by atoms with van der Waals surface area (Å²) in [6.07, 6.45) is -1.41. The highest BCUT2D eigenvalue weighted by molar-refractivity contribution is 5.90. The molecular formula is C22H26N6O4. The number of nitrogen functional groups attached to an aromatic ring is 1. The highest BCUT2D eigenvalue weighted by atomic mass is 16.6. The van der Waals surface area contributed by atoms with Gasteiger partial charge in [0.1, 0.15) is 6.04 Å². The first kappa shape index (κ1) is 22.6. The van der Waals surface area contributed by atoms with Crippen LogP contribution in [0.15, 0.2) is 48.5 Å². The molecule has 3 aromatic rings. The topological polar surface area (TPSA) is 165 Å². The Balaban J connectivity index is 1.53. The number of carbonyl (C=O) groups is 3. The summed E-state index contributed by atoms with van der Waals surface area (Å²) in [5.41, 5.74) is 14.1. The van der Waals surface area contributed by atoms with Crippen LogP contribution in [-0.2, 0) is 27.3 Å². The van der Waals surface area contributed by atoms with Crippen molar-refractivity contribution in [2.24, 2.45) is 5.73 Å². The minimum atomic E-state index is -1.10. The minimum Gasteiger partial charge on any atom is -0.436 e. The summed E-state index contributed by atoms with van der Waals surface area (Å²) >= 11 is 0. The number of primary amides is 1. The standard InChI is InChI=1S/C22H26N6O4/c1-13(19(29)25-12-15-7-9-16-17(11-15)28-21(23)27-16)26-20(30)18(32-22(24)31)10-8-14-5-3-2-4-6-14/h2-7,9,11,13,18H,8,10,12H2,1H3,(H2,24,31)(H,25,29)(H,26,30)(H3,23,27,28)/t13-,18+/m0/s1. The normalized spacial score (nSPS) is 12.7. The molecule has 0 radical (unpaired) electrons. The third-order valence-electron chi connectivity index (χ3n) is 4.87. The number of anilines is 1. The monoisotopic (exact) mass is 438 g/mol. The van der Waals surface area contributed by atoms with Gasteiger partial charge in [0, 0.05) is 6.54 Å². The molecule has 0 aliphatic rings. The number of nitrogens with two attached hydrogens (primary N) is 2. The van der Waals surface area contributed by atoms with Crippen LogP contribution in [0.5, 0.6) is 0 Å². The average molecular weight is 438 g/mol. The van der Waals surface area contributed by atoms with Crippen LogP contribution < -0.4 is 22.1 Å². The van der Waals surface area contributed by atoms with E-state index in [1.807, 2.05) is 42.5 Å². The number of H-pyrrole nitrogens is 1. The Kier molecular flexibility index (Phi) is 7.27. The molecule has 0 bridgehead atoms. The minimum absolute atomic E-state index is 0.237. The number of carbonyl (C=O) groups excluding carboxylic acids is 3. The maximum absolute atomic E-state index is 12.6. The van der Waals surface area contributed by atoms with Gasteiger partial charge in [-0.25, -0.2) is 9.78 Å². The van der Waals surface area contributed by atoms with Crippen molar-refractivity contribution in [3.05, 3.63) is 59.7 Å². The van der Waals surface area contributed by atoms with E-state index in [0.29, 0.717) is 12.4 Å². The predicted molar refractivity (Wildman–Crippen MR) is 119 cm³/mol. The summed E-state index contributed by atoms with van der Waals surface area (Å²) in [4.78, 5) is 43.3. The Morgan fingerprint density at radius 2 is 1.84 bits per heavy atom. The van der Waals surface area contributed by atoms with Crippen LogP contribution >= 0.6 is 0 Å². The predicted octanol–water partition coefficient (Wildman–Crippen LogP) is 1.36. The molecule has 0 spiro atoms. The second kappa shape index (κ2) is 10.3. The molecule has 10 nitrogen and oxygen atoms in total. The zero-order valence-corrected chi connectivity index (χ0v) is 17.6. The molecule has 32 heavy (non-hydrogen) atoms. The fourth-order valence-corrected chi connectivity index (χ4v) is 3.23. The molecule has 168 valence electrons. The summed E-state index contributed by atoms with van der Waals surface area (Å²) in [6, 6.07) is 14.1. The molecule has 0 fully saturated rings. The Labute approximate surface area is 184 Å². The summed E-state index contributed by atoms with van der Waals surface area (Å²) in [5, 5.41) is 5.34. The second-order valence-electron chi connectivity index (χ2n) is 7.37. The maximum Gasteiger partial charge on any atom is 0.405 e. The number of hydrogen-bond donors (Lipinski definition) is 5. The summed E-state index contributed by atoms with van der Waals surface area (Å²) in [5.74, 6) is -0.655. The quantitative estimate of drug-likeness (QED) is 0.338. The summed E-state index contributed by atoms with van der Waals surface area (Å²) < 4.78 is 4.96. The smallest absolute Gasteiger partial charge is 0.405 e. The van der Waals surface area contributed by atoms with E-state index in [4.69, 9.17) is 16.2 Å². The average Bonchev–Trinajstić information content (AvgIpc) is 3.14. The van der Waals surface area contributed by atoms with Crippen molar-refractivity contribution in [2.75, 3.05) is 5.73 Å². The number of benzene rings is 2. The summed E-state index contributed by atoms with van der Waals surface area (Å²) in [6.45, 7) is 1.80. The third kappa shape index (κ3) is 6.21. The van der Waals surface area contributed by atoms with Crippen LogP contribution in [0.3, 0.4) is 0 Å². The number of aryl methyl sites for hydroxylation is 1. The Morgan fingerprint density at radius 3 is 2.56 bits per heavy atom. The molecule has 3 rings (SSSR count). The number of imidazole rings is 1. The zero-order chi connectivity index (χ0) is 23.1. The molecule has 0 aliphatic heterocycles. The second-order valence-corrected chi connectivity index (χ2v) is 7.37. The fraction of sp³-hybridized carbons (Fsp3) is 0.273. The molecule has 7 N–H and O–H groups in total. The number of nitrogens with zero attached hydrogens (tertiary/aromatic N) is 1. The van der Waals surface area contributed by atoms with Crippen molar-refractivity contribution in [3.8, 4) is 0 Å². The molecule has 10 heteroatoms. The highest BCUT2D eigenvalue weighted by Gasteiger charge is 2.25. The number of ether oxygens (including phenoxy) is 1. The van der Waals surface area contributed by atoms with Crippen molar-refractivity contribution in [1.29, 1.82) is 0 Å². The number of amides is 3. The third-order valence-corrected chi connectivity index (χ3v) is 4.87. The molecule has 0 saturated heterocycles. The van der Waals surface area contributed by atoms with E-state index in [1.165, 1.54) is 0 Å². The fourth-order valence-electron chi connectivity index (χ4n) is 3.23. The first-order valence-corrected chi connectivity index (χ1v) is 10.1. The Bertz CT molecular complexity index is 1100. The van der Waals surface area contributed by atoms with Crippen molar-refractivity contribution in [1.82, 2.24) is 20.6 Å². The van der Waals surface area contributed by atoms with E-state index in [9.17, 15) is 14.4 Å². The molecule has 0 unspecified atom stereocenters. The number of nitrogens with one attached hydrogen (secondary N) is 3. The van der Waals surface area contributed by atoms with Crippen LogP contribution in [0.25, 0.3) is 11.0 Å². The number of aromatic nitrogens is 2. The summed E-state index contributed by atoms with van der Waals surface area (Å²) in [7, 11) is 0. The zero-order valence-electron chi connectivity index (χ0n) is 17.6. The van der Waals surface area contributed by atoms with Gasteiger partial charge in [-0.1, -0.05) is 36.4 Å².